The number of amides is 1. The summed E-state index contributed by atoms with van der Waals surface area (Å²) >= 11 is 5.99. The molecule has 3 rings (SSSR count). The molecule has 0 aliphatic rings. The fourth-order valence-electron chi connectivity index (χ4n) is 2.45. The van der Waals surface area contributed by atoms with Crippen LogP contribution in [0.1, 0.15) is 15.9 Å². The molecule has 10 heteroatoms. The summed E-state index contributed by atoms with van der Waals surface area (Å²) in [7, 11) is 1.56. The van der Waals surface area contributed by atoms with Crippen LogP contribution in [0.3, 0.4) is 0 Å². The van der Waals surface area contributed by atoms with E-state index in [1.807, 2.05) is 6.92 Å². The van der Waals surface area contributed by atoms with Gasteiger partial charge in [0.25, 0.3) is 11.6 Å². The number of benzene rings is 2. The molecule has 9 nitrogen and oxygen atoms in total. The Morgan fingerprint density at radius 1 is 1.26 bits per heavy atom. The maximum absolute atomic E-state index is 12.5. The third-order valence-corrected chi connectivity index (χ3v) is 4.14. The lowest BCUT2D eigenvalue weighted by Crippen LogP contribution is -2.14. The van der Waals surface area contributed by atoms with Crippen molar-refractivity contribution < 1.29 is 19.1 Å². The summed E-state index contributed by atoms with van der Waals surface area (Å²) in [5.74, 6) is 0.0596. The van der Waals surface area contributed by atoms with Gasteiger partial charge in [0.1, 0.15) is 5.75 Å². The first-order valence-corrected chi connectivity index (χ1v) is 8.01. The Labute approximate surface area is 158 Å². The van der Waals surface area contributed by atoms with Crippen LogP contribution in [0.2, 0.25) is 5.02 Å². The molecule has 0 aliphatic heterocycles. The molecule has 0 radical (unpaired) electrons. The summed E-state index contributed by atoms with van der Waals surface area (Å²) in [6.45, 7) is 1.84. The van der Waals surface area contributed by atoms with E-state index in [2.05, 4.69) is 15.6 Å². The van der Waals surface area contributed by atoms with Crippen LogP contribution < -0.4 is 10.1 Å². The summed E-state index contributed by atoms with van der Waals surface area (Å²) in [5, 5.41) is 21.0. The summed E-state index contributed by atoms with van der Waals surface area (Å²) in [6, 6.07) is 8.87. The number of halogens is 1. The third-order valence-electron chi connectivity index (χ3n) is 3.81. The van der Waals surface area contributed by atoms with Gasteiger partial charge < -0.3 is 10.1 Å². The number of anilines is 1. The number of aryl methyl sites for hydroxylation is 1. The normalized spacial score (nSPS) is 10.5. The van der Waals surface area contributed by atoms with E-state index >= 15 is 0 Å². The standard InChI is InChI=1S/C17H13ClN4O5/c1-9-7-11(26-2)4-5-12(9)15-16(21-27-20-15)19-17(23)13-8-10(22(24)25)3-6-14(13)18/h3-8H,1-2H3,(H,19,21,23). The van der Waals surface area contributed by atoms with Crippen molar-refractivity contribution in [2.45, 2.75) is 6.92 Å². The second-order valence-electron chi connectivity index (χ2n) is 5.52. The topological polar surface area (TPSA) is 120 Å². The van der Waals surface area contributed by atoms with E-state index in [4.69, 9.17) is 21.0 Å². The molecule has 1 N–H and O–H groups in total. The molecule has 1 aromatic heterocycles. The number of nitrogens with one attached hydrogen (secondary N) is 1. The van der Waals surface area contributed by atoms with Crippen molar-refractivity contribution in [2.75, 3.05) is 12.4 Å². The van der Waals surface area contributed by atoms with Crippen molar-refractivity contribution in [2.24, 2.45) is 0 Å². The molecule has 0 aliphatic carbocycles. The molecule has 1 heterocycles. The fraction of sp³-hybridized carbons (Fsp3) is 0.118. The SMILES string of the molecule is COc1ccc(-c2nonc2NC(=O)c2cc([N+](=O)[O-])ccc2Cl)c(C)c1. The van der Waals surface area contributed by atoms with Crippen LogP contribution in [0.15, 0.2) is 41.0 Å². The number of carbonyl (C=O) groups excluding carboxylic acids is 1. The first kappa shape index (κ1) is 18.3. The van der Waals surface area contributed by atoms with Gasteiger partial charge in [-0.3, -0.25) is 14.9 Å². The molecule has 0 unspecified atom stereocenters. The number of aromatic nitrogens is 2. The van der Waals surface area contributed by atoms with Crippen LogP contribution in [-0.4, -0.2) is 28.3 Å². The highest BCUT2D eigenvalue weighted by atomic mass is 35.5. The molecule has 0 spiro atoms. The monoisotopic (exact) mass is 388 g/mol. The van der Waals surface area contributed by atoms with E-state index in [0.717, 1.165) is 11.6 Å². The van der Waals surface area contributed by atoms with E-state index in [1.165, 1.54) is 12.1 Å². The molecule has 0 atom stereocenters. The first-order chi connectivity index (χ1) is 12.9. The van der Waals surface area contributed by atoms with Crippen LogP contribution in [0.25, 0.3) is 11.3 Å². The zero-order valence-corrected chi connectivity index (χ0v) is 15.0. The number of nitrogens with zero attached hydrogens (tertiary/aromatic N) is 3. The third kappa shape index (κ3) is 3.72. The number of non-ortho nitro benzene ring substituents is 1. The summed E-state index contributed by atoms with van der Waals surface area (Å²) in [6.07, 6.45) is 0. The number of ether oxygens (including phenoxy) is 1. The van der Waals surface area contributed by atoms with Crippen molar-refractivity contribution in [3.8, 4) is 17.0 Å². The lowest BCUT2D eigenvalue weighted by Gasteiger charge is -2.08. The predicted molar refractivity (Wildman–Crippen MR) is 97.1 cm³/mol. The zero-order chi connectivity index (χ0) is 19.6. The van der Waals surface area contributed by atoms with Gasteiger partial charge in [-0.2, -0.15) is 0 Å². The Balaban J connectivity index is 1.92. The van der Waals surface area contributed by atoms with Crippen LogP contribution in [0, 0.1) is 17.0 Å². The summed E-state index contributed by atoms with van der Waals surface area (Å²) < 4.78 is 9.92. The van der Waals surface area contributed by atoms with E-state index < -0.39 is 10.8 Å². The van der Waals surface area contributed by atoms with Gasteiger partial charge in [-0.05, 0) is 47.1 Å². The molecule has 2 aromatic carbocycles. The van der Waals surface area contributed by atoms with E-state index in [1.54, 1.807) is 25.3 Å². The second kappa shape index (κ2) is 7.42. The van der Waals surface area contributed by atoms with Gasteiger partial charge in [0.05, 0.1) is 22.6 Å². The molecule has 0 saturated heterocycles. The number of methoxy groups -OCH3 is 1. The average Bonchev–Trinajstić information content (AvgIpc) is 3.09. The molecular formula is C17H13ClN4O5. The molecule has 0 bridgehead atoms. The van der Waals surface area contributed by atoms with Gasteiger partial charge in [-0.25, -0.2) is 4.63 Å². The molecule has 0 saturated carbocycles. The number of nitro benzene ring substituents is 1. The lowest BCUT2D eigenvalue weighted by atomic mass is 10.1. The summed E-state index contributed by atoms with van der Waals surface area (Å²) in [4.78, 5) is 22.8. The minimum absolute atomic E-state index is 0.0636. The van der Waals surface area contributed by atoms with Crippen LogP contribution in [0.5, 0.6) is 5.75 Å². The minimum atomic E-state index is -0.674. The maximum Gasteiger partial charge on any atom is 0.270 e. The summed E-state index contributed by atoms with van der Waals surface area (Å²) in [5.41, 5.74) is 1.50. The average molecular weight is 389 g/mol. The van der Waals surface area contributed by atoms with Crippen molar-refractivity contribution in [3.05, 3.63) is 62.7 Å². The quantitative estimate of drug-likeness (QED) is 0.520. The Kier molecular flexibility index (Phi) is 5.04. The van der Waals surface area contributed by atoms with E-state index in [0.29, 0.717) is 17.0 Å². The van der Waals surface area contributed by atoms with Gasteiger partial charge >= 0.3 is 0 Å². The number of carbonyl (C=O) groups is 1. The highest BCUT2D eigenvalue weighted by Crippen LogP contribution is 2.31. The van der Waals surface area contributed by atoms with Crippen molar-refractivity contribution in [1.82, 2.24) is 10.3 Å². The van der Waals surface area contributed by atoms with E-state index in [-0.39, 0.29) is 22.1 Å². The molecule has 138 valence electrons. The van der Waals surface area contributed by atoms with Crippen molar-refractivity contribution in [1.29, 1.82) is 0 Å². The Bertz CT molecular complexity index is 1030. The van der Waals surface area contributed by atoms with E-state index in [9.17, 15) is 14.9 Å². The lowest BCUT2D eigenvalue weighted by molar-refractivity contribution is -0.384. The smallest absolute Gasteiger partial charge is 0.270 e. The molecule has 27 heavy (non-hydrogen) atoms. The predicted octanol–water partition coefficient (Wildman–Crippen LogP) is 3.87. The van der Waals surface area contributed by atoms with Gasteiger partial charge in [0, 0.05) is 17.7 Å². The Hall–Kier alpha value is -3.46. The van der Waals surface area contributed by atoms with Crippen molar-refractivity contribution >= 4 is 29.0 Å². The van der Waals surface area contributed by atoms with Crippen LogP contribution in [-0.2, 0) is 0 Å². The number of hydrogen-bond acceptors (Lipinski definition) is 7. The van der Waals surface area contributed by atoms with Crippen LogP contribution in [0.4, 0.5) is 11.5 Å². The molecule has 1 amide bonds. The second-order valence-corrected chi connectivity index (χ2v) is 5.92. The highest BCUT2D eigenvalue weighted by molar-refractivity contribution is 6.34. The largest absolute Gasteiger partial charge is 0.497 e. The Morgan fingerprint density at radius 3 is 2.70 bits per heavy atom. The van der Waals surface area contributed by atoms with Gasteiger partial charge in [-0.15, -0.1) is 0 Å². The molecule has 0 fully saturated rings. The first-order valence-electron chi connectivity index (χ1n) is 7.63. The number of rotatable bonds is 5. The Morgan fingerprint density at radius 2 is 2.04 bits per heavy atom. The molecular weight excluding hydrogens is 376 g/mol. The van der Waals surface area contributed by atoms with Gasteiger partial charge in [-0.1, -0.05) is 11.6 Å². The maximum atomic E-state index is 12.5. The fourth-order valence-corrected chi connectivity index (χ4v) is 2.66. The number of hydrogen-bond donors (Lipinski definition) is 1. The van der Waals surface area contributed by atoms with Gasteiger partial charge in [0.2, 0.25) is 5.82 Å². The molecule has 3 aromatic rings. The van der Waals surface area contributed by atoms with Crippen LogP contribution >= 0.6 is 11.6 Å². The number of nitro groups is 1. The van der Waals surface area contributed by atoms with Gasteiger partial charge in [0.15, 0.2) is 5.69 Å². The minimum Gasteiger partial charge on any atom is -0.497 e. The van der Waals surface area contributed by atoms with Crippen molar-refractivity contribution in [3.63, 3.8) is 0 Å². The highest BCUT2D eigenvalue weighted by Gasteiger charge is 2.21. The zero-order valence-electron chi connectivity index (χ0n) is 14.2.